The van der Waals surface area contributed by atoms with Crippen molar-refractivity contribution in [3.63, 3.8) is 0 Å². The second-order valence-corrected chi connectivity index (χ2v) is 17.4. The minimum absolute atomic E-state index is 0.0727. The van der Waals surface area contributed by atoms with E-state index < -0.39 is 5.41 Å². The molecule has 0 saturated heterocycles. The minimum atomic E-state index is -0.609. The van der Waals surface area contributed by atoms with Crippen LogP contribution in [0.3, 0.4) is 0 Å². The molecular weight excluding hydrogens is 805 g/mol. The summed E-state index contributed by atoms with van der Waals surface area (Å²) in [7, 11) is 0. The zero-order valence-electron chi connectivity index (χ0n) is 35.6. The van der Waals surface area contributed by atoms with E-state index in [2.05, 4.69) is 212 Å². The molecule has 0 bridgehead atoms. The molecule has 0 amide bonds. The van der Waals surface area contributed by atoms with Gasteiger partial charge in [-0.3, -0.25) is 0 Å². The van der Waals surface area contributed by atoms with Gasteiger partial charge in [-0.25, -0.2) is 15.0 Å². The maximum Gasteiger partial charge on any atom is 0.161 e. The van der Waals surface area contributed by atoms with Crippen LogP contribution in [0.2, 0.25) is 0 Å². The van der Waals surface area contributed by atoms with Gasteiger partial charge in [-0.1, -0.05) is 194 Å². The smallest absolute Gasteiger partial charge is 0.161 e. The number of nitrogens with zero attached hydrogens (tertiary/aromatic N) is 3. The summed E-state index contributed by atoms with van der Waals surface area (Å²) >= 11 is 0. The molecule has 2 atom stereocenters. The average molecular weight is 843 g/mol. The summed E-state index contributed by atoms with van der Waals surface area (Å²) in [6, 6.07) is 75.5. The Morgan fingerprint density at radius 1 is 0.439 bits per heavy atom. The number of hydrogen-bond acceptors (Lipinski definition) is 5. The molecule has 1 aliphatic heterocycles. The van der Waals surface area contributed by atoms with Gasteiger partial charge in [0, 0.05) is 38.4 Å². The third kappa shape index (κ3) is 5.19. The van der Waals surface area contributed by atoms with Crippen LogP contribution < -0.4 is 5.32 Å². The van der Waals surface area contributed by atoms with E-state index in [-0.39, 0.29) is 6.04 Å². The molecule has 5 nitrogen and oxygen atoms in total. The van der Waals surface area contributed by atoms with Crippen LogP contribution >= 0.6 is 0 Å². The largest absolute Gasteiger partial charge is 0.455 e. The third-order valence-electron chi connectivity index (χ3n) is 14.0. The average Bonchev–Trinajstić information content (AvgIpc) is 4.03. The summed E-state index contributed by atoms with van der Waals surface area (Å²) in [5, 5.41) is 6.90. The molecule has 5 heteroatoms. The van der Waals surface area contributed by atoms with E-state index in [4.69, 9.17) is 19.4 Å². The van der Waals surface area contributed by atoms with Crippen LogP contribution in [0.1, 0.15) is 45.0 Å². The molecule has 9 aromatic carbocycles. The van der Waals surface area contributed by atoms with E-state index in [9.17, 15) is 0 Å². The molecule has 2 unspecified atom stereocenters. The molecule has 308 valence electrons. The maximum absolute atomic E-state index is 6.62. The number of furan rings is 1. The molecule has 66 heavy (non-hydrogen) atoms. The molecular formula is C61H38N4O. The summed E-state index contributed by atoms with van der Waals surface area (Å²) < 4.78 is 6.62. The molecule has 0 radical (unpaired) electrons. The Hall–Kier alpha value is -8.67. The lowest BCUT2D eigenvalue weighted by Crippen LogP contribution is -2.31. The number of amidine groups is 1. The van der Waals surface area contributed by atoms with Crippen molar-refractivity contribution in [3.05, 3.63) is 257 Å². The van der Waals surface area contributed by atoms with E-state index in [1.54, 1.807) is 0 Å². The van der Waals surface area contributed by atoms with Crippen LogP contribution in [-0.4, -0.2) is 15.8 Å². The first-order valence-electron chi connectivity index (χ1n) is 22.6. The molecule has 2 aromatic heterocycles. The Kier molecular flexibility index (Phi) is 7.89. The molecule has 3 aliphatic rings. The van der Waals surface area contributed by atoms with Gasteiger partial charge in [-0.05, 0) is 74.3 Å². The van der Waals surface area contributed by atoms with Crippen molar-refractivity contribution in [2.75, 3.05) is 0 Å². The summed E-state index contributed by atoms with van der Waals surface area (Å²) in [6.07, 6.45) is 2.29. The number of rotatable bonds is 5. The number of para-hydroxylation sites is 3. The first-order valence-corrected chi connectivity index (χ1v) is 22.6. The third-order valence-corrected chi connectivity index (χ3v) is 14.0. The lowest BCUT2D eigenvalue weighted by molar-refractivity contribution is 0.670. The Bertz CT molecular complexity index is 3870. The fourth-order valence-corrected chi connectivity index (χ4v) is 11.2. The van der Waals surface area contributed by atoms with Crippen LogP contribution in [0.5, 0.6) is 0 Å². The van der Waals surface area contributed by atoms with Gasteiger partial charge < -0.3 is 9.73 Å². The molecule has 1 N–H and O–H groups in total. The number of benzene rings is 9. The van der Waals surface area contributed by atoms with Gasteiger partial charge in [0.25, 0.3) is 0 Å². The Morgan fingerprint density at radius 2 is 1.00 bits per heavy atom. The Balaban J connectivity index is 1.01. The first kappa shape index (κ1) is 36.8. The van der Waals surface area contributed by atoms with Gasteiger partial charge in [-0.2, -0.15) is 0 Å². The molecule has 11 aromatic rings. The highest BCUT2D eigenvalue weighted by Gasteiger charge is 2.53. The molecule has 14 rings (SSSR count). The number of aromatic nitrogens is 2. The second-order valence-electron chi connectivity index (χ2n) is 17.4. The SMILES string of the molecule is C1=C(c2cccc3c2-c2ccccc2C32c3ccccc3-c3c(-c4nc(-c5cccc6c5oc5ccccc56)c5ccccc5n4)cccc32)N=C(c2ccccc2)NC1c1ccccc1. The molecule has 2 aliphatic carbocycles. The number of nitrogens with one attached hydrogen (secondary N) is 1. The predicted molar refractivity (Wildman–Crippen MR) is 267 cm³/mol. The topological polar surface area (TPSA) is 63.3 Å². The zero-order chi connectivity index (χ0) is 43.3. The van der Waals surface area contributed by atoms with Crippen LogP contribution in [0.15, 0.2) is 228 Å². The Labute approximate surface area is 381 Å². The van der Waals surface area contributed by atoms with E-state index in [0.29, 0.717) is 5.82 Å². The lowest BCUT2D eigenvalue weighted by Gasteiger charge is -2.31. The Morgan fingerprint density at radius 3 is 1.77 bits per heavy atom. The minimum Gasteiger partial charge on any atom is -0.455 e. The van der Waals surface area contributed by atoms with Crippen molar-refractivity contribution >= 4 is 44.4 Å². The van der Waals surface area contributed by atoms with E-state index >= 15 is 0 Å². The van der Waals surface area contributed by atoms with E-state index in [0.717, 1.165) is 77.9 Å². The van der Waals surface area contributed by atoms with Gasteiger partial charge in [0.15, 0.2) is 5.82 Å². The van der Waals surface area contributed by atoms with Crippen LogP contribution in [0.25, 0.3) is 83.4 Å². The van der Waals surface area contributed by atoms with Crippen molar-refractivity contribution in [1.82, 2.24) is 15.3 Å². The highest BCUT2D eigenvalue weighted by Crippen LogP contribution is 2.65. The van der Waals surface area contributed by atoms with E-state index in [1.807, 2.05) is 12.1 Å². The zero-order valence-corrected chi connectivity index (χ0v) is 35.6. The first-order chi connectivity index (χ1) is 32.7. The highest BCUT2D eigenvalue weighted by molar-refractivity contribution is 6.12. The van der Waals surface area contributed by atoms with Crippen molar-refractivity contribution in [1.29, 1.82) is 0 Å². The van der Waals surface area contributed by atoms with Gasteiger partial charge in [0.05, 0.1) is 28.4 Å². The summed E-state index contributed by atoms with van der Waals surface area (Å²) in [5.41, 5.74) is 18.8. The van der Waals surface area contributed by atoms with Gasteiger partial charge in [0.1, 0.15) is 17.0 Å². The number of aliphatic imine (C=N–C) groups is 1. The number of fused-ring (bicyclic) bond motifs is 14. The van der Waals surface area contributed by atoms with Crippen molar-refractivity contribution in [3.8, 4) is 44.9 Å². The lowest BCUT2D eigenvalue weighted by atomic mass is 9.70. The fraction of sp³-hybridized carbons (Fsp3) is 0.0328. The summed E-state index contributed by atoms with van der Waals surface area (Å²) in [4.78, 5) is 16.4. The van der Waals surface area contributed by atoms with Crippen LogP contribution in [-0.2, 0) is 5.41 Å². The molecule has 0 fully saturated rings. The molecule has 3 heterocycles. The van der Waals surface area contributed by atoms with Crippen molar-refractivity contribution < 1.29 is 4.42 Å². The number of hydrogen-bond donors (Lipinski definition) is 1. The highest BCUT2D eigenvalue weighted by atomic mass is 16.3. The monoisotopic (exact) mass is 842 g/mol. The predicted octanol–water partition coefficient (Wildman–Crippen LogP) is 14.3. The summed E-state index contributed by atoms with van der Waals surface area (Å²) in [6.45, 7) is 0. The second kappa shape index (κ2) is 14.2. The summed E-state index contributed by atoms with van der Waals surface area (Å²) in [5.74, 6) is 1.53. The van der Waals surface area contributed by atoms with Crippen LogP contribution in [0.4, 0.5) is 0 Å². The molecule has 0 saturated carbocycles. The van der Waals surface area contributed by atoms with Gasteiger partial charge >= 0.3 is 0 Å². The van der Waals surface area contributed by atoms with Crippen molar-refractivity contribution in [2.45, 2.75) is 11.5 Å². The molecule has 1 spiro atoms. The van der Waals surface area contributed by atoms with Crippen LogP contribution in [0, 0.1) is 0 Å². The van der Waals surface area contributed by atoms with Crippen molar-refractivity contribution in [2.24, 2.45) is 4.99 Å². The van der Waals surface area contributed by atoms with E-state index in [1.165, 1.54) is 44.5 Å². The fourth-order valence-electron chi connectivity index (χ4n) is 11.2. The van der Waals surface area contributed by atoms with Gasteiger partial charge in [-0.15, -0.1) is 0 Å². The normalized spacial score (nSPS) is 16.7. The van der Waals surface area contributed by atoms with Gasteiger partial charge in [0.2, 0.25) is 0 Å². The maximum atomic E-state index is 6.62. The quantitative estimate of drug-likeness (QED) is 0.187. The standard InChI is InChI=1S/C61H38N4O/c1-3-18-37(19-4-1)52-36-53(64-59(63-52)38-20-5-2-6-21-38)43-27-16-32-49-55(43)41-23-7-11-30-47(41)61(49)48-31-12-8-24-42(48)56-45(28-17-33-50(56)61)60-62-51-34-13-9-25-44(51)57(65-60)46-29-15-26-40-39-22-10-14-35-54(39)66-58(40)46/h1-36,52H,(H,63,64).